The van der Waals surface area contributed by atoms with Crippen LogP contribution in [0.1, 0.15) is 0 Å². The second-order valence-corrected chi connectivity index (χ2v) is 4.08. The molecule has 0 unspecified atom stereocenters. The van der Waals surface area contributed by atoms with Crippen molar-refractivity contribution in [2.75, 3.05) is 11.9 Å². The number of aromatic nitrogens is 2. The van der Waals surface area contributed by atoms with Gasteiger partial charge in [0.2, 0.25) is 5.95 Å². The Bertz CT molecular complexity index is 644. The van der Waals surface area contributed by atoms with Crippen molar-refractivity contribution in [2.24, 2.45) is 0 Å². The molecule has 0 aliphatic rings. The number of nitro groups is 1. The SMILES string of the molecule is O=[N+]([O-])c1cnc(Nc2ccc(OCC(F)(F)F)cc2)nc1. The van der Waals surface area contributed by atoms with Gasteiger partial charge in [0.1, 0.15) is 18.1 Å². The van der Waals surface area contributed by atoms with Crippen LogP contribution in [0.4, 0.5) is 30.5 Å². The van der Waals surface area contributed by atoms with Gasteiger partial charge in [-0.2, -0.15) is 13.2 Å². The molecule has 0 bridgehead atoms. The first kappa shape index (κ1) is 15.5. The van der Waals surface area contributed by atoms with Crippen LogP contribution in [0.2, 0.25) is 0 Å². The van der Waals surface area contributed by atoms with E-state index >= 15 is 0 Å². The fourth-order valence-corrected chi connectivity index (χ4v) is 1.41. The fraction of sp³-hybridized carbons (Fsp3) is 0.167. The molecule has 7 nitrogen and oxygen atoms in total. The quantitative estimate of drug-likeness (QED) is 0.674. The van der Waals surface area contributed by atoms with Crippen LogP contribution < -0.4 is 10.1 Å². The number of ether oxygens (including phenoxy) is 1. The van der Waals surface area contributed by atoms with Crippen molar-refractivity contribution in [3.63, 3.8) is 0 Å². The zero-order chi connectivity index (χ0) is 16.2. The van der Waals surface area contributed by atoms with Crippen LogP contribution >= 0.6 is 0 Å². The predicted molar refractivity (Wildman–Crippen MR) is 70.0 cm³/mol. The summed E-state index contributed by atoms with van der Waals surface area (Å²) < 4.78 is 40.5. The molecule has 0 spiro atoms. The van der Waals surface area contributed by atoms with Crippen molar-refractivity contribution in [3.8, 4) is 5.75 Å². The molecule has 0 aliphatic carbocycles. The van der Waals surface area contributed by atoms with E-state index < -0.39 is 17.7 Å². The molecular formula is C12H9F3N4O3. The van der Waals surface area contributed by atoms with E-state index in [1.807, 2.05) is 0 Å². The number of rotatable bonds is 5. The first-order valence-electron chi connectivity index (χ1n) is 5.86. The van der Waals surface area contributed by atoms with E-state index in [1.165, 1.54) is 24.3 Å². The standard InChI is InChI=1S/C12H9F3N4O3/c13-12(14,15)7-22-10-3-1-8(2-4-10)18-11-16-5-9(6-17-11)19(20)21/h1-6H,7H2,(H,16,17,18). The third-order valence-corrected chi connectivity index (χ3v) is 2.36. The molecule has 1 N–H and O–H groups in total. The Labute approximate surface area is 121 Å². The van der Waals surface area contributed by atoms with Gasteiger partial charge in [-0.1, -0.05) is 0 Å². The van der Waals surface area contributed by atoms with Gasteiger partial charge >= 0.3 is 11.9 Å². The highest BCUT2D eigenvalue weighted by atomic mass is 19.4. The maximum absolute atomic E-state index is 12.0. The molecule has 10 heteroatoms. The predicted octanol–water partition coefficient (Wildman–Crippen LogP) is 3.07. The molecule has 0 saturated carbocycles. The van der Waals surface area contributed by atoms with Crippen molar-refractivity contribution in [1.82, 2.24) is 9.97 Å². The number of nitrogens with one attached hydrogen (secondary N) is 1. The number of alkyl halides is 3. The first-order chi connectivity index (χ1) is 10.3. The lowest BCUT2D eigenvalue weighted by Gasteiger charge is -2.10. The average molecular weight is 314 g/mol. The second-order valence-electron chi connectivity index (χ2n) is 4.08. The van der Waals surface area contributed by atoms with E-state index in [9.17, 15) is 23.3 Å². The molecule has 0 aliphatic heterocycles. The molecule has 22 heavy (non-hydrogen) atoms. The van der Waals surface area contributed by atoms with Gasteiger partial charge in [0.25, 0.3) is 0 Å². The number of halogens is 3. The second kappa shape index (κ2) is 6.24. The first-order valence-corrected chi connectivity index (χ1v) is 5.86. The van der Waals surface area contributed by atoms with Crippen LogP contribution in [0.5, 0.6) is 5.75 Å². The molecule has 0 amide bonds. The highest BCUT2D eigenvalue weighted by Gasteiger charge is 2.28. The normalized spacial score (nSPS) is 11.0. The number of nitrogens with zero attached hydrogens (tertiary/aromatic N) is 3. The molecule has 0 fully saturated rings. The van der Waals surface area contributed by atoms with Gasteiger partial charge in [0.15, 0.2) is 6.61 Å². The van der Waals surface area contributed by atoms with Crippen molar-refractivity contribution in [1.29, 1.82) is 0 Å². The highest BCUT2D eigenvalue weighted by molar-refractivity contribution is 5.54. The van der Waals surface area contributed by atoms with Crippen LogP contribution in [0, 0.1) is 10.1 Å². The average Bonchev–Trinajstić information content (AvgIpc) is 2.46. The van der Waals surface area contributed by atoms with Gasteiger partial charge in [0.05, 0.1) is 4.92 Å². The van der Waals surface area contributed by atoms with Crippen LogP contribution in [-0.2, 0) is 0 Å². The minimum atomic E-state index is -4.40. The molecule has 0 radical (unpaired) electrons. The molecule has 1 heterocycles. The summed E-state index contributed by atoms with van der Waals surface area (Å²) in [6, 6.07) is 5.63. The van der Waals surface area contributed by atoms with Crippen molar-refractivity contribution in [3.05, 3.63) is 46.8 Å². The molecule has 1 aromatic heterocycles. The van der Waals surface area contributed by atoms with E-state index in [0.717, 1.165) is 12.4 Å². The summed E-state index contributed by atoms with van der Waals surface area (Å²) in [5.41, 5.74) is 0.245. The smallest absolute Gasteiger partial charge is 0.422 e. The fourth-order valence-electron chi connectivity index (χ4n) is 1.41. The maximum Gasteiger partial charge on any atom is 0.422 e. The minimum Gasteiger partial charge on any atom is -0.484 e. The Morgan fingerprint density at radius 1 is 1.18 bits per heavy atom. The summed E-state index contributed by atoms with van der Waals surface area (Å²) in [7, 11) is 0. The third kappa shape index (κ3) is 4.58. The van der Waals surface area contributed by atoms with Crippen molar-refractivity contribution >= 4 is 17.3 Å². The minimum absolute atomic E-state index is 0.0625. The lowest BCUT2D eigenvalue weighted by Crippen LogP contribution is -2.19. The van der Waals surface area contributed by atoms with Crippen molar-refractivity contribution in [2.45, 2.75) is 6.18 Å². The van der Waals surface area contributed by atoms with Crippen LogP contribution in [0.3, 0.4) is 0 Å². The molecular weight excluding hydrogens is 305 g/mol. The van der Waals surface area contributed by atoms with Gasteiger partial charge in [0, 0.05) is 5.69 Å². The largest absolute Gasteiger partial charge is 0.484 e. The summed E-state index contributed by atoms with van der Waals surface area (Å²) in [6.07, 6.45) is -2.32. The van der Waals surface area contributed by atoms with E-state index in [4.69, 9.17) is 0 Å². The maximum atomic E-state index is 12.0. The molecule has 116 valence electrons. The van der Waals surface area contributed by atoms with E-state index in [-0.39, 0.29) is 17.4 Å². The van der Waals surface area contributed by atoms with Crippen molar-refractivity contribution < 1.29 is 22.8 Å². The van der Waals surface area contributed by atoms with E-state index in [0.29, 0.717) is 5.69 Å². The number of hydrogen-bond acceptors (Lipinski definition) is 6. The summed E-state index contributed by atoms with van der Waals surface area (Å²) in [4.78, 5) is 17.3. The Hall–Kier alpha value is -2.91. The van der Waals surface area contributed by atoms with Gasteiger partial charge < -0.3 is 10.1 Å². The number of hydrogen-bond donors (Lipinski definition) is 1. The van der Waals surface area contributed by atoms with Crippen LogP contribution in [-0.4, -0.2) is 27.7 Å². The van der Waals surface area contributed by atoms with Gasteiger partial charge in [-0.25, -0.2) is 9.97 Å². The zero-order valence-electron chi connectivity index (χ0n) is 10.9. The topological polar surface area (TPSA) is 90.2 Å². The van der Waals surface area contributed by atoms with Gasteiger partial charge in [-0.3, -0.25) is 10.1 Å². The Morgan fingerprint density at radius 2 is 1.77 bits per heavy atom. The van der Waals surface area contributed by atoms with Crippen LogP contribution in [0.25, 0.3) is 0 Å². The molecule has 2 rings (SSSR count). The monoisotopic (exact) mass is 314 g/mol. The Morgan fingerprint density at radius 3 is 2.27 bits per heavy atom. The molecule has 0 atom stereocenters. The number of anilines is 2. The summed E-state index contributed by atoms with van der Waals surface area (Å²) in [6.45, 7) is -1.37. The lowest BCUT2D eigenvalue weighted by molar-refractivity contribution is -0.385. The Kier molecular flexibility index (Phi) is 4.39. The van der Waals surface area contributed by atoms with Gasteiger partial charge in [-0.15, -0.1) is 0 Å². The lowest BCUT2D eigenvalue weighted by atomic mass is 10.3. The highest BCUT2D eigenvalue weighted by Crippen LogP contribution is 2.21. The zero-order valence-corrected chi connectivity index (χ0v) is 10.9. The molecule has 1 aromatic carbocycles. The Balaban J connectivity index is 1.97. The van der Waals surface area contributed by atoms with E-state index in [2.05, 4.69) is 20.0 Å². The summed E-state index contributed by atoms with van der Waals surface area (Å²) >= 11 is 0. The summed E-state index contributed by atoms with van der Waals surface area (Å²) in [5, 5.41) is 13.2. The third-order valence-electron chi connectivity index (χ3n) is 2.36. The van der Waals surface area contributed by atoms with Crippen LogP contribution in [0.15, 0.2) is 36.7 Å². The van der Waals surface area contributed by atoms with Gasteiger partial charge in [-0.05, 0) is 24.3 Å². The summed E-state index contributed by atoms with van der Waals surface area (Å²) in [5.74, 6) is 0.182. The number of benzene rings is 1. The molecule has 0 saturated heterocycles. The molecule has 2 aromatic rings. The van der Waals surface area contributed by atoms with E-state index in [1.54, 1.807) is 0 Å².